The first kappa shape index (κ1) is 15.6. The third-order valence-electron chi connectivity index (χ3n) is 3.76. The second kappa shape index (κ2) is 8.48. The van der Waals surface area contributed by atoms with E-state index < -0.39 is 0 Å². The number of ether oxygens (including phenoxy) is 1. The number of benzene rings is 2. The first-order valence-corrected chi connectivity index (χ1v) is 7.68. The first-order valence-electron chi connectivity index (χ1n) is 7.68. The van der Waals surface area contributed by atoms with E-state index in [0.717, 1.165) is 18.7 Å². The van der Waals surface area contributed by atoms with Gasteiger partial charge in [-0.25, -0.2) is 0 Å². The summed E-state index contributed by atoms with van der Waals surface area (Å²) in [6.07, 6.45) is 3.58. The van der Waals surface area contributed by atoms with Crippen LogP contribution in [-0.4, -0.2) is 13.2 Å². The zero-order chi connectivity index (χ0) is 14.9. The second-order valence-electron chi connectivity index (χ2n) is 5.51. The maximum Gasteiger partial charge on any atom is 0.118 e. The van der Waals surface area contributed by atoms with E-state index in [4.69, 9.17) is 4.74 Å². The molecule has 0 aliphatic rings. The molecule has 0 fully saturated rings. The lowest BCUT2D eigenvalue weighted by molar-refractivity contribution is 0.414. The Labute approximate surface area is 128 Å². The van der Waals surface area contributed by atoms with Gasteiger partial charge in [0, 0.05) is 12.6 Å². The van der Waals surface area contributed by atoms with E-state index in [0.29, 0.717) is 6.04 Å². The monoisotopic (exact) mass is 283 g/mol. The van der Waals surface area contributed by atoms with Gasteiger partial charge < -0.3 is 10.1 Å². The average Bonchev–Trinajstić information content (AvgIpc) is 2.54. The number of hydrogen-bond donors (Lipinski definition) is 1. The summed E-state index contributed by atoms with van der Waals surface area (Å²) < 4.78 is 5.17. The van der Waals surface area contributed by atoms with Crippen LogP contribution in [0.3, 0.4) is 0 Å². The zero-order valence-corrected chi connectivity index (χ0v) is 13.0. The minimum Gasteiger partial charge on any atom is -0.497 e. The van der Waals surface area contributed by atoms with Gasteiger partial charge in [-0.1, -0.05) is 42.5 Å². The van der Waals surface area contributed by atoms with Crippen molar-refractivity contribution < 1.29 is 4.74 Å². The molecule has 2 nitrogen and oxygen atoms in total. The molecule has 0 aliphatic heterocycles. The van der Waals surface area contributed by atoms with Gasteiger partial charge in [-0.15, -0.1) is 0 Å². The van der Waals surface area contributed by atoms with Crippen LogP contribution in [0, 0.1) is 0 Å². The van der Waals surface area contributed by atoms with E-state index in [1.807, 2.05) is 12.1 Å². The predicted octanol–water partition coefficient (Wildman–Crippen LogP) is 4.20. The molecule has 2 aromatic carbocycles. The van der Waals surface area contributed by atoms with Gasteiger partial charge in [0.25, 0.3) is 0 Å². The normalized spacial score (nSPS) is 12.1. The summed E-state index contributed by atoms with van der Waals surface area (Å²) in [4.78, 5) is 0. The van der Waals surface area contributed by atoms with Crippen molar-refractivity contribution in [1.82, 2.24) is 5.32 Å². The van der Waals surface area contributed by atoms with Crippen LogP contribution in [0.2, 0.25) is 0 Å². The third kappa shape index (κ3) is 5.60. The topological polar surface area (TPSA) is 21.3 Å². The van der Waals surface area contributed by atoms with Gasteiger partial charge >= 0.3 is 0 Å². The van der Waals surface area contributed by atoms with Crippen molar-refractivity contribution in [3.63, 3.8) is 0 Å². The second-order valence-corrected chi connectivity index (χ2v) is 5.51. The van der Waals surface area contributed by atoms with Crippen LogP contribution in [0.25, 0.3) is 0 Å². The SMILES string of the molecule is COc1ccc(CNC(C)CCCc2ccccc2)cc1. The van der Waals surface area contributed by atoms with Crippen LogP contribution in [0.1, 0.15) is 30.9 Å². The Balaban J connectivity index is 1.66. The Morgan fingerprint density at radius 2 is 1.67 bits per heavy atom. The number of aryl methyl sites for hydroxylation is 1. The molecule has 1 N–H and O–H groups in total. The highest BCUT2D eigenvalue weighted by molar-refractivity contribution is 5.27. The molecule has 1 unspecified atom stereocenters. The van der Waals surface area contributed by atoms with Crippen molar-refractivity contribution in [2.45, 2.75) is 38.8 Å². The third-order valence-corrected chi connectivity index (χ3v) is 3.76. The largest absolute Gasteiger partial charge is 0.497 e. The highest BCUT2D eigenvalue weighted by Gasteiger charge is 2.02. The fourth-order valence-corrected chi connectivity index (χ4v) is 2.39. The van der Waals surface area contributed by atoms with E-state index in [1.54, 1.807) is 7.11 Å². The Hall–Kier alpha value is -1.80. The average molecular weight is 283 g/mol. The fraction of sp³-hybridized carbons (Fsp3) is 0.368. The molecule has 0 saturated carbocycles. The molecule has 0 heterocycles. The lowest BCUT2D eigenvalue weighted by Gasteiger charge is -2.14. The molecule has 0 amide bonds. The standard InChI is InChI=1S/C19H25NO/c1-16(7-6-10-17-8-4-3-5-9-17)20-15-18-11-13-19(21-2)14-12-18/h3-5,8-9,11-14,16,20H,6-7,10,15H2,1-2H3. The highest BCUT2D eigenvalue weighted by atomic mass is 16.5. The molecule has 0 spiro atoms. The Kier molecular flexibility index (Phi) is 6.29. The number of nitrogens with one attached hydrogen (secondary N) is 1. The van der Waals surface area contributed by atoms with Gasteiger partial charge in [-0.05, 0) is 49.4 Å². The summed E-state index contributed by atoms with van der Waals surface area (Å²) in [6, 6.07) is 19.5. The van der Waals surface area contributed by atoms with Gasteiger partial charge in [-0.3, -0.25) is 0 Å². The molecular weight excluding hydrogens is 258 g/mol. The predicted molar refractivity (Wildman–Crippen MR) is 88.7 cm³/mol. The molecule has 1 atom stereocenters. The van der Waals surface area contributed by atoms with E-state index in [2.05, 4.69) is 54.7 Å². The van der Waals surface area contributed by atoms with Crippen molar-refractivity contribution in [3.8, 4) is 5.75 Å². The van der Waals surface area contributed by atoms with Crippen LogP contribution in [-0.2, 0) is 13.0 Å². The fourth-order valence-electron chi connectivity index (χ4n) is 2.39. The molecule has 0 bridgehead atoms. The maximum atomic E-state index is 5.17. The first-order chi connectivity index (χ1) is 10.3. The highest BCUT2D eigenvalue weighted by Crippen LogP contribution is 2.12. The van der Waals surface area contributed by atoms with Crippen LogP contribution < -0.4 is 10.1 Å². The van der Waals surface area contributed by atoms with Gasteiger partial charge in [0.1, 0.15) is 5.75 Å². The molecule has 2 rings (SSSR count). The zero-order valence-electron chi connectivity index (χ0n) is 13.0. The number of methoxy groups -OCH3 is 1. The summed E-state index contributed by atoms with van der Waals surface area (Å²) in [6.45, 7) is 3.17. The Morgan fingerprint density at radius 1 is 0.952 bits per heavy atom. The maximum absolute atomic E-state index is 5.17. The Bertz CT molecular complexity index is 507. The number of rotatable bonds is 8. The van der Waals surface area contributed by atoms with E-state index in [1.165, 1.54) is 24.0 Å². The van der Waals surface area contributed by atoms with E-state index in [9.17, 15) is 0 Å². The summed E-state index contributed by atoms with van der Waals surface area (Å²) in [5.41, 5.74) is 2.73. The molecular formula is C19H25NO. The van der Waals surface area contributed by atoms with Gasteiger partial charge in [0.2, 0.25) is 0 Å². The van der Waals surface area contributed by atoms with Crippen molar-refractivity contribution in [3.05, 3.63) is 65.7 Å². The van der Waals surface area contributed by atoms with Gasteiger partial charge in [0.15, 0.2) is 0 Å². The van der Waals surface area contributed by atoms with Crippen LogP contribution >= 0.6 is 0 Å². The molecule has 0 aromatic heterocycles. The lowest BCUT2D eigenvalue weighted by Crippen LogP contribution is -2.25. The summed E-state index contributed by atoms with van der Waals surface area (Å²) in [5.74, 6) is 0.912. The molecule has 2 aromatic rings. The molecule has 0 saturated heterocycles. The van der Waals surface area contributed by atoms with E-state index in [-0.39, 0.29) is 0 Å². The summed E-state index contributed by atoms with van der Waals surface area (Å²) in [5, 5.41) is 3.58. The van der Waals surface area contributed by atoms with E-state index >= 15 is 0 Å². The van der Waals surface area contributed by atoms with Crippen molar-refractivity contribution in [2.24, 2.45) is 0 Å². The molecule has 112 valence electrons. The lowest BCUT2D eigenvalue weighted by atomic mass is 10.1. The van der Waals surface area contributed by atoms with Crippen molar-refractivity contribution >= 4 is 0 Å². The van der Waals surface area contributed by atoms with Gasteiger partial charge in [-0.2, -0.15) is 0 Å². The van der Waals surface area contributed by atoms with Crippen molar-refractivity contribution in [2.75, 3.05) is 7.11 Å². The number of hydrogen-bond acceptors (Lipinski definition) is 2. The molecule has 0 aliphatic carbocycles. The molecule has 0 radical (unpaired) electrons. The van der Waals surface area contributed by atoms with Crippen LogP contribution in [0.15, 0.2) is 54.6 Å². The quantitative estimate of drug-likeness (QED) is 0.784. The molecule has 2 heteroatoms. The van der Waals surface area contributed by atoms with Crippen LogP contribution in [0.4, 0.5) is 0 Å². The van der Waals surface area contributed by atoms with Gasteiger partial charge in [0.05, 0.1) is 7.11 Å². The molecule has 21 heavy (non-hydrogen) atoms. The van der Waals surface area contributed by atoms with Crippen molar-refractivity contribution in [1.29, 1.82) is 0 Å². The summed E-state index contributed by atoms with van der Waals surface area (Å²) >= 11 is 0. The minimum absolute atomic E-state index is 0.538. The minimum atomic E-state index is 0.538. The summed E-state index contributed by atoms with van der Waals surface area (Å²) in [7, 11) is 1.70. The Morgan fingerprint density at radius 3 is 2.33 bits per heavy atom. The smallest absolute Gasteiger partial charge is 0.118 e. The van der Waals surface area contributed by atoms with Crippen LogP contribution in [0.5, 0.6) is 5.75 Å².